The zero-order chi connectivity index (χ0) is 24.4. The molecule has 0 aromatic rings. The number of unbranched alkanes of at least 4 members (excludes halogenated alkanes) is 3. The van der Waals surface area contributed by atoms with Crippen LogP contribution in [0.3, 0.4) is 0 Å². The molecule has 1 saturated heterocycles. The summed E-state index contributed by atoms with van der Waals surface area (Å²) in [7, 11) is 0. The van der Waals surface area contributed by atoms with E-state index in [2.05, 4.69) is 30.9 Å². The van der Waals surface area contributed by atoms with Crippen LogP contribution in [0.15, 0.2) is 0 Å². The van der Waals surface area contributed by atoms with Crippen LogP contribution in [0.4, 0.5) is 0 Å². The van der Waals surface area contributed by atoms with Gasteiger partial charge in [0.15, 0.2) is 0 Å². The van der Waals surface area contributed by atoms with Crippen LogP contribution in [0.2, 0.25) is 0 Å². The number of hydrogen-bond donors (Lipinski definition) is 3. The van der Waals surface area contributed by atoms with Crippen LogP contribution in [0, 0.1) is 22.7 Å². The fraction of sp³-hybridized carbons (Fsp3) is 0.826. The number of amides is 3. The van der Waals surface area contributed by atoms with Crippen LogP contribution in [-0.2, 0) is 19.2 Å². The van der Waals surface area contributed by atoms with Crippen molar-refractivity contribution >= 4 is 35.3 Å². The fourth-order valence-corrected chi connectivity index (χ4v) is 5.45. The first-order valence-electron chi connectivity index (χ1n) is 11.6. The molecule has 182 valence electrons. The molecule has 1 heterocycles. The first-order valence-corrected chi connectivity index (χ1v) is 12.0. The van der Waals surface area contributed by atoms with Gasteiger partial charge < -0.3 is 16.0 Å². The molecule has 2 fully saturated rings. The molecule has 5 atom stereocenters. The number of carbonyl (C=O) groups is 4. The Morgan fingerprint density at radius 2 is 1.78 bits per heavy atom. The highest BCUT2D eigenvalue weighted by molar-refractivity contribution is 6.37. The van der Waals surface area contributed by atoms with Crippen LogP contribution in [0.25, 0.3) is 0 Å². The van der Waals surface area contributed by atoms with Gasteiger partial charge in [-0.15, -0.1) is 0 Å². The Morgan fingerprint density at radius 3 is 2.28 bits per heavy atom. The number of Topliss-reactive ketones (excluding diaryl/α,β-unsaturated/α-hetero) is 1. The average molecular weight is 471 g/mol. The largest absolute Gasteiger partial charge is 0.363 e. The molecule has 0 aromatic heterocycles. The molecule has 0 radical (unpaired) electrons. The number of nitrogens with one attached hydrogen (secondary N) is 2. The van der Waals surface area contributed by atoms with Gasteiger partial charge in [0.2, 0.25) is 17.6 Å². The number of nitrogens with two attached hydrogens (primary N) is 1. The third kappa shape index (κ3) is 5.45. The van der Waals surface area contributed by atoms with E-state index in [0.717, 1.165) is 19.3 Å². The molecule has 1 saturated carbocycles. The lowest BCUT2D eigenvalue weighted by Crippen LogP contribution is -2.58. The Kier molecular flexibility index (Phi) is 8.37. The Morgan fingerprint density at radius 1 is 1.16 bits per heavy atom. The van der Waals surface area contributed by atoms with Gasteiger partial charge in [-0.25, -0.2) is 4.84 Å². The van der Waals surface area contributed by atoms with E-state index in [-0.39, 0.29) is 23.2 Å². The SMILES string of the molecule is CCCCCCC(NC(=O)C1C2[C@H](CN1C(=O)C(NCl)C(C)(C)C)C2(C)C)C(=O)C(N)=O. The van der Waals surface area contributed by atoms with Gasteiger partial charge in [-0.1, -0.05) is 67.2 Å². The van der Waals surface area contributed by atoms with Crippen molar-refractivity contribution in [2.24, 2.45) is 28.4 Å². The molecule has 8 nitrogen and oxygen atoms in total. The van der Waals surface area contributed by atoms with Crippen LogP contribution < -0.4 is 15.9 Å². The quantitative estimate of drug-likeness (QED) is 0.242. The van der Waals surface area contributed by atoms with Crippen molar-refractivity contribution in [1.29, 1.82) is 0 Å². The number of ketones is 1. The normalized spacial score (nSPS) is 25.6. The molecule has 9 heteroatoms. The molecule has 4 unspecified atom stereocenters. The number of rotatable bonds is 11. The Bertz CT molecular complexity index is 749. The number of carbonyl (C=O) groups excluding carboxylic acids is 4. The number of piperidine rings is 1. The fourth-order valence-electron chi connectivity index (χ4n) is 5.03. The Labute approximate surface area is 196 Å². The number of fused-ring (bicyclic) bond motifs is 1. The smallest absolute Gasteiger partial charge is 0.287 e. The van der Waals surface area contributed by atoms with Gasteiger partial charge in [0.05, 0.1) is 6.04 Å². The van der Waals surface area contributed by atoms with Crippen LogP contribution in [-0.4, -0.2) is 53.1 Å². The summed E-state index contributed by atoms with van der Waals surface area (Å²) in [4.78, 5) is 54.9. The van der Waals surface area contributed by atoms with Crippen molar-refractivity contribution in [1.82, 2.24) is 15.1 Å². The van der Waals surface area contributed by atoms with Gasteiger partial charge in [0.25, 0.3) is 5.91 Å². The standard InChI is InChI=1S/C23H39ClN4O4/c1-7-8-9-10-11-14(17(29)19(25)30)26-20(31)16-15-13(23(15,5)6)12-28(16)21(32)18(27-24)22(2,3)4/h13-16,18,27H,7-12H2,1-6H3,(H2,25,30)(H,26,31)/t13-,14?,15?,16?,18?/m0/s1. The molecule has 2 aliphatic rings. The highest BCUT2D eigenvalue weighted by Crippen LogP contribution is 2.65. The van der Waals surface area contributed by atoms with E-state index in [4.69, 9.17) is 17.5 Å². The molecule has 1 aliphatic heterocycles. The maximum Gasteiger partial charge on any atom is 0.287 e. The third-order valence-electron chi connectivity index (χ3n) is 7.20. The van der Waals surface area contributed by atoms with E-state index in [1.807, 2.05) is 20.8 Å². The molecule has 3 amide bonds. The number of primary amides is 1. The maximum absolute atomic E-state index is 13.4. The molecule has 2 rings (SSSR count). The van der Waals surface area contributed by atoms with E-state index in [0.29, 0.717) is 19.4 Å². The van der Waals surface area contributed by atoms with Crippen LogP contribution >= 0.6 is 11.8 Å². The molecule has 0 bridgehead atoms. The Balaban J connectivity index is 2.22. The van der Waals surface area contributed by atoms with Crippen molar-refractivity contribution in [3.8, 4) is 0 Å². The monoisotopic (exact) mass is 470 g/mol. The van der Waals surface area contributed by atoms with Crippen molar-refractivity contribution in [2.45, 2.75) is 91.8 Å². The summed E-state index contributed by atoms with van der Waals surface area (Å²) in [5, 5.41) is 2.76. The van der Waals surface area contributed by atoms with Gasteiger partial charge in [-0.05, 0) is 40.9 Å². The highest BCUT2D eigenvalue weighted by atomic mass is 35.5. The predicted octanol–water partition coefficient (Wildman–Crippen LogP) is 2.14. The zero-order valence-corrected chi connectivity index (χ0v) is 20.9. The van der Waals surface area contributed by atoms with Gasteiger partial charge in [0.1, 0.15) is 12.1 Å². The number of hydrogen-bond acceptors (Lipinski definition) is 5. The van der Waals surface area contributed by atoms with Crippen molar-refractivity contribution in [3.05, 3.63) is 0 Å². The maximum atomic E-state index is 13.4. The molecule has 32 heavy (non-hydrogen) atoms. The molecular weight excluding hydrogens is 432 g/mol. The lowest BCUT2D eigenvalue weighted by Gasteiger charge is -2.36. The summed E-state index contributed by atoms with van der Waals surface area (Å²) < 4.78 is 0. The number of halogens is 1. The second-order valence-corrected chi connectivity index (χ2v) is 11.2. The van der Waals surface area contributed by atoms with Gasteiger partial charge in [0, 0.05) is 6.54 Å². The molecule has 4 N–H and O–H groups in total. The van der Waals surface area contributed by atoms with Gasteiger partial charge in [-0.3, -0.25) is 19.2 Å². The van der Waals surface area contributed by atoms with Crippen LogP contribution in [0.5, 0.6) is 0 Å². The average Bonchev–Trinajstić information content (AvgIpc) is 3.03. The van der Waals surface area contributed by atoms with Crippen molar-refractivity contribution in [3.63, 3.8) is 0 Å². The first kappa shape index (κ1) is 26.6. The molecular formula is C23H39ClN4O4. The van der Waals surface area contributed by atoms with Gasteiger partial charge >= 0.3 is 0 Å². The predicted molar refractivity (Wildman–Crippen MR) is 123 cm³/mol. The highest BCUT2D eigenvalue weighted by Gasteiger charge is 2.69. The number of likely N-dealkylation sites (tertiary alicyclic amines) is 1. The summed E-state index contributed by atoms with van der Waals surface area (Å²) in [5.41, 5.74) is 4.70. The zero-order valence-electron chi connectivity index (χ0n) is 20.2. The molecule has 0 aromatic carbocycles. The second kappa shape index (κ2) is 10.1. The van der Waals surface area contributed by atoms with E-state index < -0.39 is 41.1 Å². The summed E-state index contributed by atoms with van der Waals surface area (Å²) in [6.07, 6.45) is 3.98. The minimum atomic E-state index is -1.06. The summed E-state index contributed by atoms with van der Waals surface area (Å²) in [6, 6.07) is -2.35. The summed E-state index contributed by atoms with van der Waals surface area (Å²) in [5.74, 6) is -2.31. The minimum Gasteiger partial charge on any atom is -0.363 e. The third-order valence-corrected chi connectivity index (χ3v) is 7.42. The summed E-state index contributed by atoms with van der Waals surface area (Å²) >= 11 is 5.91. The van der Waals surface area contributed by atoms with E-state index in [1.165, 1.54) is 0 Å². The topological polar surface area (TPSA) is 122 Å². The lowest BCUT2D eigenvalue weighted by atomic mass is 9.86. The lowest BCUT2D eigenvalue weighted by molar-refractivity contribution is -0.144. The van der Waals surface area contributed by atoms with E-state index in [1.54, 1.807) is 4.90 Å². The molecule has 0 spiro atoms. The summed E-state index contributed by atoms with van der Waals surface area (Å²) in [6.45, 7) is 12.4. The second-order valence-electron chi connectivity index (χ2n) is 10.9. The Hall–Kier alpha value is -1.67. The van der Waals surface area contributed by atoms with Gasteiger partial charge in [-0.2, -0.15) is 0 Å². The minimum absolute atomic E-state index is 0.00758. The van der Waals surface area contributed by atoms with Crippen LogP contribution in [0.1, 0.15) is 73.6 Å². The molecule has 1 aliphatic carbocycles. The number of nitrogens with zero attached hydrogens (tertiary/aromatic N) is 1. The first-order chi connectivity index (χ1) is 14.8. The van der Waals surface area contributed by atoms with E-state index >= 15 is 0 Å². The van der Waals surface area contributed by atoms with E-state index in [9.17, 15) is 19.2 Å². The van der Waals surface area contributed by atoms with Crippen molar-refractivity contribution in [2.75, 3.05) is 6.54 Å². The van der Waals surface area contributed by atoms with Crippen molar-refractivity contribution < 1.29 is 19.2 Å².